The summed E-state index contributed by atoms with van der Waals surface area (Å²) in [6.07, 6.45) is 1.56. The zero-order valence-corrected chi connectivity index (χ0v) is 12.8. The fraction of sp³-hybridized carbons (Fsp3) is 0.0556. The van der Waals surface area contributed by atoms with E-state index in [0.717, 1.165) is 5.56 Å². The first kappa shape index (κ1) is 15.1. The summed E-state index contributed by atoms with van der Waals surface area (Å²) in [4.78, 5) is 17.4. The molecule has 0 aliphatic heterocycles. The van der Waals surface area contributed by atoms with Crippen molar-refractivity contribution in [1.29, 1.82) is 5.26 Å². The Kier molecular flexibility index (Phi) is 4.26. The summed E-state index contributed by atoms with van der Waals surface area (Å²) in [5.74, 6) is -1.57. The van der Waals surface area contributed by atoms with Gasteiger partial charge in [0, 0.05) is 11.8 Å². The molecule has 0 bridgehead atoms. The van der Waals surface area contributed by atoms with E-state index in [-0.39, 0.29) is 11.6 Å². The van der Waals surface area contributed by atoms with Crippen LogP contribution in [-0.4, -0.2) is 10.8 Å². The standard InChI is InChI=1S/C18H11FN2OS/c19-13-6-4-12(5-7-13)14-8-10-23-18(14)17(22)15(11-20)16-3-1-2-9-21-16/h1-10,15H. The number of halogens is 1. The Morgan fingerprint density at radius 1 is 1.17 bits per heavy atom. The van der Waals surface area contributed by atoms with Gasteiger partial charge in [-0.3, -0.25) is 9.78 Å². The van der Waals surface area contributed by atoms with Crippen LogP contribution in [0, 0.1) is 17.1 Å². The van der Waals surface area contributed by atoms with Gasteiger partial charge in [0.05, 0.1) is 16.6 Å². The summed E-state index contributed by atoms with van der Waals surface area (Å²) in [7, 11) is 0. The normalized spacial score (nSPS) is 11.7. The highest BCUT2D eigenvalue weighted by molar-refractivity contribution is 7.12. The van der Waals surface area contributed by atoms with Crippen molar-refractivity contribution in [3.8, 4) is 17.2 Å². The summed E-state index contributed by atoms with van der Waals surface area (Å²) >= 11 is 1.27. The number of hydrogen-bond donors (Lipinski definition) is 0. The van der Waals surface area contributed by atoms with Crippen LogP contribution >= 0.6 is 11.3 Å². The maximum atomic E-state index is 13.1. The Balaban J connectivity index is 1.99. The minimum Gasteiger partial charge on any atom is -0.291 e. The lowest BCUT2D eigenvalue weighted by molar-refractivity contribution is 0.0982. The molecule has 0 aliphatic carbocycles. The number of Topliss-reactive ketones (excluding diaryl/α,β-unsaturated/α-hetero) is 1. The predicted octanol–water partition coefficient (Wildman–Crippen LogP) is 4.44. The number of aromatic nitrogens is 1. The number of benzene rings is 1. The molecule has 0 radical (unpaired) electrons. The first-order valence-corrected chi connectivity index (χ1v) is 7.77. The van der Waals surface area contributed by atoms with Crippen LogP contribution in [0.15, 0.2) is 60.1 Å². The second kappa shape index (κ2) is 6.51. The van der Waals surface area contributed by atoms with Gasteiger partial charge in [-0.2, -0.15) is 5.26 Å². The van der Waals surface area contributed by atoms with Gasteiger partial charge in [-0.1, -0.05) is 18.2 Å². The van der Waals surface area contributed by atoms with E-state index in [1.165, 1.54) is 23.5 Å². The number of nitrogens with zero attached hydrogens (tertiary/aromatic N) is 2. The molecule has 3 aromatic rings. The van der Waals surface area contributed by atoms with E-state index in [1.807, 2.05) is 6.07 Å². The van der Waals surface area contributed by atoms with Crippen molar-refractivity contribution in [3.05, 3.63) is 76.5 Å². The van der Waals surface area contributed by atoms with E-state index in [4.69, 9.17) is 0 Å². The minimum atomic E-state index is -0.950. The van der Waals surface area contributed by atoms with Crippen LogP contribution in [0.1, 0.15) is 21.3 Å². The smallest absolute Gasteiger partial charge is 0.196 e. The topological polar surface area (TPSA) is 53.8 Å². The lowest BCUT2D eigenvalue weighted by Gasteiger charge is -2.08. The number of carbonyl (C=O) groups is 1. The number of ketones is 1. The van der Waals surface area contributed by atoms with Crippen molar-refractivity contribution < 1.29 is 9.18 Å². The summed E-state index contributed by atoms with van der Waals surface area (Å²) < 4.78 is 13.1. The lowest BCUT2D eigenvalue weighted by atomic mass is 9.96. The molecule has 0 saturated heterocycles. The van der Waals surface area contributed by atoms with Gasteiger partial charge in [0.25, 0.3) is 0 Å². The van der Waals surface area contributed by atoms with Gasteiger partial charge in [-0.15, -0.1) is 11.3 Å². The van der Waals surface area contributed by atoms with Crippen LogP contribution in [-0.2, 0) is 0 Å². The fourth-order valence-corrected chi connectivity index (χ4v) is 3.18. The quantitative estimate of drug-likeness (QED) is 0.667. The molecule has 0 saturated carbocycles. The molecule has 0 N–H and O–H groups in total. The Morgan fingerprint density at radius 2 is 1.96 bits per heavy atom. The minimum absolute atomic E-state index is 0.291. The number of hydrogen-bond acceptors (Lipinski definition) is 4. The molecule has 2 heterocycles. The van der Waals surface area contributed by atoms with E-state index < -0.39 is 5.92 Å². The molecule has 5 heteroatoms. The summed E-state index contributed by atoms with van der Waals surface area (Å²) in [6, 6.07) is 14.9. The first-order valence-electron chi connectivity index (χ1n) is 6.89. The van der Waals surface area contributed by atoms with Crippen LogP contribution in [0.2, 0.25) is 0 Å². The Morgan fingerprint density at radius 3 is 2.61 bits per heavy atom. The molecule has 1 aromatic carbocycles. The number of nitriles is 1. The van der Waals surface area contributed by atoms with E-state index >= 15 is 0 Å². The number of rotatable bonds is 4. The molecule has 2 aromatic heterocycles. The van der Waals surface area contributed by atoms with Crippen LogP contribution in [0.4, 0.5) is 4.39 Å². The maximum absolute atomic E-state index is 13.1. The van der Waals surface area contributed by atoms with E-state index in [0.29, 0.717) is 16.1 Å². The third-order valence-corrected chi connectivity index (χ3v) is 4.35. The van der Waals surface area contributed by atoms with Gasteiger partial charge in [0.15, 0.2) is 11.7 Å². The SMILES string of the molecule is N#CC(C(=O)c1sccc1-c1ccc(F)cc1)c1ccccn1. The van der Waals surface area contributed by atoms with Crippen molar-refractivity contribution in [1.82, 2.24) is 4.98 Å². The molecule has 3 nitrogen and oxygen atoms in total. The van der Waals surface area contributed by atoms with Crippen LogP contribution in [0.5, 0.6) is 0 Å². The Bertz CT molecular complexity index is 866. The number of carbonyl (C=O) groups excluding carboxylic acids is 1. The molecule has 112 valence electrons. The average molecular weight is 322 g/mol. The first-order chi connectivity index (χ1) is 11.2. The monoisotopic (exact) mass is 322 g/mol. The zero-order valence-electron chi connectivity index (χ0n) is 11.9. The molecule has 0 fully saturated rings. The molecule has 23 heavy (non-hydrogen) atoms. The molecular formula is C18H11FN2OS. The van der Waals surface area contributed by atoms with Gasteiger partial charge < -0.3 is 0 Å². The molecule has 1 atom stereocenters. The largest absolute Gasteiger partial charge is 0.291 e. The number of thiophene rings is 1. The molecular weight excluding hydrogens is 311 g/mol. The third-order valence-electron chi connectivity index (χ3n) is 3.42. The van der Waals surface area contributed by atoms with Gasteiger partial charge in [-0.05, 0) is 41.3 Å². The summed E-state index contributed by atoms with van der Waals surface area (Å²) in [6.45, 7) is 0. The zero-order chi connectivity index (χ0) is 16.2. The number of pyridine rings is 1. The molecule has 0 aliphatic rings. The van der Waals surface area contributed by atoms with Gasteiger partial charge >= 0.3 is 0 Å². The second-order valence-electron chi connectivity index (χ2n) is 4.85. The van der Waals surface area contributed by atoms with Crippen LogP contribution < -0.4 is 0 Å². The van der Waals surface area contributed by atoms with E-state index in [9.17, 15) is 14.4 Å². The van der Waals surface area contributed by atoms with E-state index in [1.54, 1.807) is 48.0 Å². The Hall–Kier alpha value is -2.84. The highest BCUT2D eigenvalue weighted by Crippen LogP contribution is 2.32. The Labute approximate surface area is 136 Å². The van der Waals surface area contributed by atoms with Crippen LogP contribution in [0.3, 0.4) is 0 Å². The van der Waals surface area contributed by atoms with Gasteiger partial charge in [0.2, 0.25) is 0 Å². The van der Waals surface area contributed by atoms with Crippen molar-refractivity contribution >= 4 is 17.1 Å². The molecule has 0 spiro atoms. The lowest BCUT2D eigenvalue weighted by Crippen LogP contribution is -2.12. The molecule has 1 unspecified atom stereocenters. The maximum Gasteiger partial charge on any atom is 0.196 e. The second-order valence-corrected chi connectivity index (χ2v) is 5.77. The predicted molar refractivity (Wildman–Crippen MR) is 86.6 cm³/mol. The highest BCUT2D eigenvalue weighted by Gasteiger charge is 2.26. The summed E-state index contributed by atoms with van der Waals surface area (Å²) in [5.41, 5.74) is 1.88. The summed E-state index contributed by atoms with van der Waals surface area (Å²) in [5, 5.41) is 11.2. The van der Waals surface area contributed by atoms with Crippen molar-refractivity contribution in [3.63, 3.8) is 0 Å². The van der Waals surface area contributed by atoms with Crippen molar-refractivity contribution in [2.24, 2.45) is 0 Å². The van der Waals surface area contributed by atoms with Gasteiger partial charge in [0.1, 0.15) is 5.82 Å². The fourth-order valence-electron chi connectivity index (χ4n) is 2.29. The molecule has 3 rings (SSSR count). The van der Waals surface area contributed by atoms with Crippen molar-refractivity contribution in [2.45, 2.75) is 5.92 Å². The average Bonchev–Trinajstić information content (AvgIpc) is 3.07. The van der Waals surface area contributed by atoms with E-state index in [2.05, 4.69) is 4.98 Å². The third kappa shape index (κ3) is 3.03. The molecule has 0 amide bonds. The highest BCUT2D eigenvalue weighted by atomic mass is 32.1. The van der Waals surface area contributed by atoms with Gasteiger partial charge in [-0.25, -0.2) is 4.39 Å². The van der Waals surface area contributed by atoms with Crippen LogP contribution in [0.25, 0.3) is 11.1 Å². The van der Waals surface area contributed by atoms with Crippen molar-refractivity contribution in [2.75, 3.05) is 0 Å².